The molecule has 5 rings (SSSR count). The molecule has 2 aliphatic rings. The highest BCUT2D eigenvalue weighted by Crippen LogP contribution is 2.31. The number of rotatable bonds is 11. The van der Waals surface area contributed by atoms with E-state index in [0.29, 0.717) is 46.8 Å². The van der Waals surface area contributed by atoms with Crippen molar-refractivity contribution in [2.75, 3.05) is 49.7 Å². The second kappa shape index (κ2) is 11.1. The van der Waals surface area contributed by atoms with Gasteiger partial charge in [0.05, 0.1) is 19.8 Å². The predicted octanol–water partition coefficient (Wildman–Crippen LogP) is 2.66. The molecule has 1 aliphatic carbocycles. The first-order chi connectivity index (χ1) is 17.9. The van der Waals surface area contributed by atoms with Crippen molar-refractivity contribution in [3.63, 3.8) is 0 Å². The highest BCUT2D eigenvalue weighted by atomic mass is 19.4. The van der Waals surface area contributed by atoms with Gasteiger partial charge in [0, 0.05) is 38.5 Å². The molecule has 0 aromatic carbocycles. The van der Waals surface area contributed by atoms with Crippen LogP contribution in [0.1, 0.15) is 25.5 Å². The Kier molecular flexibility index (Phi) is 7.67. The van der Waals surface area contributed by atoms with Crippen molar-refractivity contribution in [1.82, 2.24) is 35.0 Å². The van der Waals surface area contributed by atoms with Gasteiger partial charge in [-0.15, -0.1) is 0 Å². The Balaban J connectivity index is 1.51. The average molecular weight is 522 g/mol. The van der Waals surface area contributed by atoms with E-state index in [1.54, 1.807) is 16.9 Å². The summed E-state index contributed by atoms with van der Waals surface area (Å²) < 4.78 is 50.1. The van der Waals surface area contributed by atoms with E-state index in [4.69, 9.17) is 19.4 Å². The summed E-state index contributed by atoms with van der Waals surface area (Å²) in [6.07, 6.45) is 0.940. The van der Waals surface area contributed by atoms with Gasteiger partial charge < -0.3 is 25.0 Å². The molecule has 4 heterocycles. The molecule has 3 aromatic rings. The van der Waals surface area contributed by atoms with Gasteiger partial charge in [-0.3, -0.25) is 4.68 Å². The molecule has 0 amide bonds. The molecule has 0 spiro atoms. The maximum Gasteiger partial charge on any atom is 0.411 e. The zero-order valence-corrected chi connectivity index (χ0v) is 20.5. The Labute approximate surface area is 211 Å². The minimum atomic E-state index is -4.40. The quantitative estimate of drug-likeness (QED) is 0.365. The van der Waals surface area contributed by atoms with Gasteiger partial charge in [-0.25, -0.2) is 15.0 Å². The summed E-state index contributed by atoms with van der Waals surface area (Å²) in [5.74, 6) is 2.07. The Morgan fingerprint density at radius 1 is 1.22 bits per heavy atom. The Bertz CT molecular complexity index is 1190. The first kappa shape index (κ1) is 25.5. The monoisotopic (exact) mass is 521 g/mol. The van der Waals surface area contributed by atoms with E-state index in [2.05, 4.69) is 37.5 Å². The van der Waals surface area contributed by atoms with Gasteiger partial charge in [0.15, 0.2) is 5.82 Å². The van der Waals surface area contributed by atoms with E-state index in [1.807, 2.05) is 0 Å². The Morgan fingerprint density at radius 2 is 2.08 bits per heavy atom. The van der Waals surface area contributed by atoms with Gasteiger partial charge in [0.25, 0.3) is 0 Å². The van der Waals surface area contributed by atoms with Crippen molar-refractivity contribution >= 4 is 28.6 Å². The third-order valence-corrected chi connectivity index (χ3v) is 6.13. The first-order valence-electron chi connectivity index (χ1n) is 12.4. The number of hydrogen-bond acceptors (Lipinski definition) is 10. The second-order valence-corrected chi connectivity index (χ2v) is 9.39. The summed E-state index contributed by atoms with van der Waals surface area (Å²) in [4.78, 5) is 20.0. The standard InChI is InChI=1S/C23H30F3N9O2/c1-15-10-34(7-6-28-15)22-31-19-17(12-37-11-16-2-3-16)33-35(8-9-36-13-23(24,25)26)20(19)21(32-22)30-18-4-5-27-14-29-18/h4-5,14-16,28H,2-3,6-13H2,1H3,(H,27,29,30,31,32)/t15-/m1/s1. The van der Waals surface area contributed by atoms with Crippen LogP contribution >= 0.6 is 0 Å². The van der Waals surface area contributed by atoms with Crippen LogP contribution in [-0.4, -0.2) is 81.4 Å². The van der Waals surface area contributed by atoms with Crippen molar-refractivity contribution in [3.05, 3.63) is 24.3 Å². The molecule has 0 radical (unpaired) electrons. The lowest BCUT2D eigenvalue weighted by Gasteiger charge is -2.32. The maximum absolute atomic E-state index is 12.6. The molecular weight excluding hydrogens is 491 g/mol. The number of nitrogens with zero attached hydrogens (tertiary/aromatic N) is 7. The van der Waals surface area contributed by atoms with Crippen molar-refractivity contribution in [3.8, 4) is 0 Å². The lowest BCUT2D eigenvalue weighted by atomic mass is 10.2. The topological polar surface area (TPSA) is 115 Å². The molecule has 2 fully saturated rings. The van der Waals surface area contributed by atoms with Gasteiger partial charge in [0.2, 0.25) is 5.95 Å². The van der Waals surface area contributed by atoms with Crippen molar-refractivity contribution < 1.29 is 22.6 Å². The van der Waals surface area contributed by atoms with E-state index in [-0.39, 0.29) is 25.8 Å². The highest BCUT2D eigenvalue weighted by molar-refractivity contribution is 5.90. The number of aromatic nitrogens is 6. The second-order valence-electron chi connectivity index (χ2n) is 9.39. The fraction of sp³-hybridized carbons (Fsp3) is 0.609. The predicted molar refractivity (Wildman–Crippen MR) is 130 cm³/mol. The third-order valence-electron chi connectivity index (χ3n) is 6.13. The summed E-state index contributed by atoms with van der Waals surface area (Å²) in [6, 6.07) is 1.97. The number of ether oxygens (including phenoxy) is 2. The number of nitrogens with one attached hydrogen (secondary N) is 2. The number of halogens is 3. The summed E-state index contributed by atoms with van der Waals surface area (Å²) in [5.41, 5.74) is 1.73. The van der Waals surface area contributed by atoms with Crippen molar-refractivity contribution in [2.45, 2.75) is 45.1 Å². The van der Waals surface area contributed by atoms with Crippen LogP contribution in [0.3, 0.4) is 0 Å². The molecule has 0 bridgehead atoms. The Hall–Kier alpha value is -3.10. The fourth-order valence-electron chi connectivity index (χ4n) is 4.17. The molecule has 14 heteroatoms. The third kappa shape index (κ3) is 6.81. The van der Waals surface area contributed by atoms with Gasteiger partial charge >= 0.3 is 6.18 Å². The van der Waals surface area contributed by atoms with Crippen LogP contribution in [0.5, 0.6) is 0 Å². The molecule has 11 nitrogen and oxygen atoms in total. The normalized spacial score (nSPS) is 18.5. The largest absolute Gasteiger partial charge is 0.411 e. The molecule has 3 aromatic heterocycles. The molecule has 0 unspecified atom stereocenters. The molecular formula is C23H30F3N9O2. The number of anilines is 3. The zero-order chi connectivity index (χ0) is 25.8. The van der Waals surface area contributed by atoms with Crippen molar-refractivity contribution in [1.29, 1.82) is 0 Å². The van der Waals surface area contributed by atoms with Crippen LogP contribution in [0.25, 0.3) is 11.0 Å². The van der Waals surface area contributed by atoms with Crippen LogP contribution in [0.2, 0.25) is 0 Å². The summed E-state index contributed by atoms with van der Waals surface area (Å²) >= 11 is 0. The number of piperazine rings is 1. The minimum absolute atomic E-state index is 0.0844. The van der Waals surface area contributed by atoms with Crippen LogP contribution in [0, 0.1) is 5.92 Å². The summed E-state index contributed by atoms with van der Waals surface area (Å²) in [5, 5.41) is 11.3. The maximum atomic E-state index is 12.6. The van der Waals surface area contributed by atoms with Crippen LogP contribution in [-0.2, 0) is 22.6 Å². The molecule has 1 atom stereocenters. The number of fused-ring (bicyclic) bond motifs is 1. The van der Waals surface area contributed by atoms with Crippen LogP contribution in [0.4, 0.5) is 30.8 Å². The molecule has 1 saturated carbocycles. The van der Waals surface area contributed by atoms with Gasteiger partial charge in [-0.1, -0.05) is 0 Å². The first-order valence-corrected chi connectivity index (χ1v) is 12.4. The molecule has 1 aliphatic heterocycles. The van der Waals surface area contributed by atoms with Crippen LogP contribution in [0.15, 0.2) is 18.6 Å². The van der Waals surface area contributed by atoms with Crippen molar-refractivity contribution in [2.24, 2.45) is 5.92 Å². The summed E-state index contributed by atoms with van der Waals surface area (Å²) in [7, 11) is 0. The highest BCUT2D eigenvalue weighted by Gasteiger charge is 2.28. The lowest BCUT2D eigenvalue weighted by Crippen LogP contribution is -2.49. The SMILES string of the molecule is C[C@@H]1CN(c2nc(Nc3ccncn3)c3c(n2)c(COCC2CC2)nn3CCOCC(F)(F)F)CCN1. The number of hydrogen-bond donors (Lipinski definition) is 2. The van der Waals surface area contributed by atoms with Gasteiger partial charge in [-0.2, -0.15) is 23.3 Å². The fourth-order valence-corrected chi connectivity index (χ4v) is 4.17. The van der Waals surface area contributed by atoms with Gasteiger partial charge in [0.1, 0.15) is 35.5 Å². The molecule has 1 saturated heterocycles. The van der Waals surface area contributed by atoms with E-state index >= 15 is 0 Å². The molecule has 200 valence electrons. The van der Waals surface area contributed by atoms with E-state index in [1.165, 1.54) is 6.33 Å². The lowest BCUT2D eigenvalue weighted by molar-refractivity contribution is -0.174. The minimum Gasteiger partial charge on any atom is -0.375 e. The average Bonchev–Trinajstić information content (AvgIpc) is 3.62. The smallest absolute Gasteiger partial charge is 0.375 e. The van der Waals surface area contributed by atoms with E-state index in [0.717, 1.165) is 32.5 Å². The molecule has 37 heavy (non-hydrogen) atoms. The number of alkyl halides is 3. The molecule has 2 N–H and O–H groups in total. The zero-order valence-electron chi connectivity index (χ0n) is 20.5. The summed E-state index contributed by atoms with van der Waals surface area (Å²) in [6.45, 7) is 3.82. The Morgan fingerprint density at radius 3 is 2.81 bits per heavy atom. The van der Waals surface area contributed by atoms with E-state index < -0.39 is 12.8 Å². The van der Waals surface area contributed by atoms with Gasteiger partial charge in [-0.05, 0) is 31.7 Å². The van der Waals surface area contributed by atoms with Crippen LogP contribution < -0.4 is 15.5 Å². The van der Waals surface area contributed by atoms with E-state index in [9.17, 15) is 13.2 Å².